The van der Waals surface area contributed by atoms with Gasteiger partial charge in [0.2, 0.25) is 5.91 Å². The lowest BCUT2D eigenvalue weighted by atomic mass is 10.1. The van der Waals surface area contributed by atoms with Crippen LogP contribution in [0.5, 0.6) is 0 Å². The van der Waals surface area contributed by atoms with Crippen molar-refractivity contribution >= 4 is 22.8 Å². The van der Waals surface area contributed by atoms with E-state index in [0.29, 0.717) is 36.7 Å². The summed E-state index contributed by atoms with van der Waals surface area (Å²) in [5.74, 6) is 0.504. The summed E-state index contributed by atoms with van der Waals surface area (Å²) in [6, 6.07) is 12.3. The van der Waals surface area contributed by atoms with Crippen LogP contribution in [0.25, 0.3) is 16.7 Å². The maximum absolute atomic E-state index is 13.1. The number of benzene rings is 2. The number of aryl methyl sites for hydroxylation is 1. The van der Waals surface area contributed by atoms with E-state index >= 15 is 0 Å². The number of anilines is 1. The van der Waals surface area contributed by atoms with Gasteiger partial charge in [-0.2, -0.15) is 13.2 Å². The van der Waals surface area contributed by atoms with E-state index in [1.807, 2.05) is 54.2 Å². The molecule has 0 saturated carbocycles. The van der Waals surface area contributed by atoms with Gasteiger partial charge >= 0.3 is 6.18 Å². The Morgan fingerprint density at radius 3 is 2.49 bits per heavy atom. The number of nitrogens with zero attached hydrogens (tertiary/aromatic N) is 6. The lowest BCUT2D eigenvalue weighted by molar-refractivity contribution is -0.137. The molecule has 2 aromatic carbocycles. The summed E-state index contributed by atoms with van der Waals surface area (Å²) in [5, 5.41) is 8.25. The first-order valence-electron chi connectivity index (χ1n) is 11.9. The summed E-state index contributed by atoms with van der Waals surface area (Å²) in [4.78, 5) is 25.9. The molecule has 0 radical (unpaired) electrons. The van der Waals surface area contributed by atoms with Crippen molar-refractivity contribution in [3.8, 4) is 5.69 Å². The second-order valence-corrected chi connectivity index (χ2v) is 9.20. The molecule has 1 aliphatic heterocycles. The second-order valence-electron chi connectivity index (χ2n) is 9.20. The number of likely N-dealkylation sites (N-methyl/N-ethyl adjacent to an activating group) is 1. The Hall–Kier alpha value is -3.99. The average molecular weight is 510 g/mol. The van der Waals surface area contributed by atoms with Crippen LogP contribution in [-0.4, -0.2) is 63.3 Å². The molecular weight excluding hydrogens is 483 g/mol. The number of nitrogens with one attached hydrogen (secondary N) is 1. The number of halogens is 3. The fourth-order valence-corrected chi connectivity index (χ4v) is 4.38. The van der Waals surface area contributed by atoms with Crippen molar-refractivity contribution in [3.63, 3.8) is 0 Å². The molecule has 1 N–H and O–H groups in total. The Morgan fingerprint density at radius 1 is 1.05 bits per heavy atom. The molecule has 0 spiro atoms. The Bertz CT molecular complexity index is 1400. The number of carbonyl (C=O) groups excluding carboxylic acids is 1. The summed E-state index contributed by atoms with van der Waals surface area (Å²) in [6.45, 7) is 3.87. The molecule has 11 heteroatoms. The number of rotatable bonds is 5. The minimum atomic E-state index is -4.39. The van der Waals surface area contributed by atoms with Crippen LogP contribution in [0.3, 0.4) is 0 Å². The number of fused-ring (bicyclic) bond motifs is 1. The van der Waals surface area contributed by atoms with Crippen molar-refractivity contribution in [2.75, 3.05) is 31.6 Å². The van der Waals surface area contributed by atoms with Crippen LogP contribution < -0.4 is 10.2 Å². The van der Waals surface area contributed by atoms with E-state index in [1.54, 1.807) is 4.68 Å². The second kappa shape index (κ2) is 9.81. The maximum atomic E-state index is 13.1. The van der Waals surface area contributed by atoms with E-state index in [9.17, 15) is 18.0 Å². The third kappa shape index (κ3) is 5.26. The van der Waals surface area contributed by atoms with Crippen LogP contribution in [0.1, 0.15) is 16.7 Å². The number of hydrogen-bond acceptors (Lipinski definition) is 6. The van der Waals surface area contributed by atoms with Crippen LogP contribution >= 0.6 is 0 Å². The van der Waals surface area contributed by atoms with E-state index in [-0.39, 0.29) is 12.5 Å². The van der Waals surface area contributed by atoms with Crippen molar-refractivity contribution in [3.05, 3.63) is 77.7 Å². The number of hydrogen-bond donors (Lipinski definition) is 1. The molecule has 4 aromatic rings. The highest BCUT2D eigenvalue weighted by molar-refractivity contribution is 5.88. The highest BCUT2D eigenvalue weighted by Crippen LogP contribution is 2.29. The number of carbonyl (C=O) groups is 1. The highest BCUT2D eigenvalue weighted by Gasteiger charge is 2.32. The van der Waals surface area contributed by atoms with Gasteiger partial charge in [0.05, 0.1) is 16.6 Å². The third-order valence-corrected chi connectivity index (χ3v) is 6.59. The molecule has 1 atom stereocenters. The van der Waals surface area contributed by atoms with Gasteiger partial charge in [0.15, 0.2) is 5.65 Å². The number of piperazine rings is 1. The summed E-state index contributed by atoms with van der Waals surface area (Å²) < 4.78 is 40.2. The Kier molecular flexibility index (Phi) is 6.55. The van der Waals surface area contributed by atoms with Crippen LogP contribution in [0.2, 0.25) is 0 Å². The molecule has 1 saturated heterocycles. The lowest BCUT2D eigenvalue weighted by Crippen LogP contribution is -2.57. The monoisotopic (exact) mass is 509 g/mol. The van der Waals surface area contributed by atoms with Gasteiger partial charge in [-0.05, 0) is 43.8 Å². The maximum Gasteiger partial charge on any atom is 0.416 e. The molecule has 8 nitrogen and oxygen atoms in total. The highest BCUT2D eigenvalue weighted by atomic mass is 19.4. The van der Waals surface area contributed by atoms with E-state index < -0.39 is 17.8 Å². The Morgan fingerprint density at radius 2 is 1.78 bits per heavy atom. The molecule has 192 valence electrons. The molecule has 37 heavy (non-hydrogen) atoms. The smallest absolute Gasteiger partial charge is 0.353 e. The molecular formula is C26H26F3N7O. The van der Waals surface area contributed by atoms with Gasteiger partial charge in [-0.15, -0.1) is 5.10 Å². The molecule has 1 unspecified atom stereocenters. The van der Waals surface area contributed by atoms with E-state index in [1.165, 1.54) is 18.5 Å². The standard InChI is InChI=1S/C26H26F3N7O/c1-17-3-9-20(10-4-17)36-14-21-23(33-36)31-16-32-24(21)35-12-11-34(2)22(15-35)25(37)30-13-18-5-7-19(8-6-18)26(27,28)29/h3-10,14,16,22H,11-13,15H2,1-2H3,(H,30,37). The average Bonchev–Trinajstić information content (AvgIpc) is 3.32. The number of amides is 1. The van der Waals surface area contributed by atoms with Gasteiger partial charge in [0.1, 0.15) is 18.2 Å². The molecule has 1 amide bonds. The van der Waals surface area contributed by atoms with Crippen molar-refractivity contribution in [1.29, 1.82) is 0 Å². The molecule has 3 heterocycles. The van der Waals surface area contributed by atoms with Gasteiger partial charge in [-0.1, -0.05) is 29.8 Å². The van der Waals surface area contributed by atoms with E-state index in [0.717, 1.165) is 28.8 Å². The first kappa shape index (κ1) is 24.7. The SMILES string of the molecule is Cc1ccc(-n2cc3c(N4CCN(C)C(C(=O)NCc5ccc(C(F)(F)F)cc5)C4)ncnc3n2)cc1. The van der Waals surface area contributed by atoms with Gasteiger partial charge in [0, 0.05) is 32.4 Å². The predicted molar refractivity (Wildman–Crippen MR) is 133 cm³/mol. The van der Waals surface area contributed by atoms with E-state index in [2.05, 4.69) is 20.4 Å². The summed E-state index contributed by atoms with van der Waals surface area (Å²) in [7, 11) is 1.88. The van der Waals surface area contributed by atoms with Gasteiger partial charge in [-0.25, -0.2) is 14.6 Å². The molecule has 0 bridgehead atoms. The molecule has 0 aliphatic carbocycles. The first-order chi connectivity index (χ1) is 17.7. The fourth-order valence-electron chi connectivity index (χ4n) is 4.38. The van der Waals surface area contributed by atoms with Crippen molar-refractivity contribution in [2.45, 2.75) is 25.7 Å². The van der Waals surface area contributed by atoms with Crippen LogP contribution in [0.15, 0.2) is 61.1 Å². The zero-order chi connectivity index (χ0) is 26.2. The Balaban J connectivity index is 1.30. The summed E-state index contributed by atoms with van der Waals surface area (Å²) >= 11 is 0. The van der Waals surface area contributed by atoms with Gasteiger partial charge in [0.25, 0.3) is 0 Å². The lowest BCUT2D eigenvalue weighted by Gasteiger charge is -2.39. The van der Waals surface area contributed by atoms with Crippen molar-refractivity contribution in [2.24, 2.45) is 0 Å². The largest absolute Gasteiger partial charge is 0.416 e. The number of aromatic nitrogens is 4. The predicted octanol–water partition coefficient (Wildman–Crippen LogP) is 3.58. The van der Waals surface area contributed by atoms with Crippen molar-refractivity contribution in [1.82, 2.24) is 30.0 Å². The van der Waals surface area contributed by atoms with Crippen LogP contribution in [0, 0.1) is 6.92 Å². The third-order valence-electron chi connectivity index (χ3n) is 6.59. The van der Waals surface area contributed by atoms with Gasteiger partial charge < -0.3 is 10.2 Å². The van der Waals surface area contributed by atoms with Crippen LogP contribution in [0.4, 0.5) is 19.0 Å². The van der Waals surface area contributed by atoms with Crippen molar-refractivity contribution < 1.29 is 18.0 Å². The van der Waals surface area contributed by atoms with E-state index in [4.69, 9.17) is 0 Å². The number of alkyl halides is 3. The van der Waals surface area contributed by atoms with Crippen LogP contribution in [-0.2, 0) is 17.5 Å². The quantitative estimate of drug-likeness (QED) is 0.443. The minimum absolute atomic E-state index is 0.141. The molecule has 2 aromatic heterocycles. The summed E-state index contributed by atoms with van der Waals surface area (Å²) in [5.41, 5.74) is 2.51. The zero-order valence-electron chi connectivity index (χ0n) is 20.4. The normalized spacial score (nSPS) is 16.8. The first-order valence-corrected chi connectivity index (χ1v) is 11.9. The zero-order valence-corrected chi connectivity index (χ0v) is 20.4. The summed E-state index contributed by atoms with van der Waals surface area (Å²) in [6.07, 6.45) is -1.02. The molecule has 5 rings (SSSR count). The Labute approximate surface area is 211 Å². The molecule has 1 aliphatic rings. The minimum Gasteiger partial charge on any atom is -0.353 e. The topological polar surface area (TPSA) is 79.2 Å². The van der Waals surface area contributed by atoms with Gasteiger partial charge in [-0.3, -0.25) is 9.69 Å². The fraction of sp³-hybridized carbons (Fsp3) is 0.308. The molecule has 1 fully saturated rings.